The fourth-order valence-electron chi connectivity index (χ4n) is 1.16. The van der Waals surface area contributed by atoms with E-state index in [0.717, 1.165) is 0 Å². The molecule has 0 aromatic heterocycles. The Morgan fingerprint density at radius 2 is 0.581 bits per heavy atom. The molecule has 10 N–H and O–H groups in total. The first-order valence-corrected chi connectivity index (χ1v) is 9.98. The third kappa shape index (κ3) is 15.9. The van der Waals surface area contributed by atoms with Crippen LogP contribution in [0.5, 0.6) is 0 Å². The normalized spacial score (nSPS) is 12.6. The van der Waals surface area contributed by atoms with Crippen LogP contribution >= 0.6 is 0 Å². The van der Waals surface area contributed by atoms with Crippen molar-refractivity contribution in [2.45, 2.75) is 27.7 Å². The Hall–Kier alpha value is -0.440. The molecular weight excluding hydrogens is 416 g/mol. The molecule has 0 unspecified atom stereocenters. The molecule has 0 aliphatic carbocycles. The first kappa shape index (κ1) is 35.2. The Morgan fingerprint density at radius 1 is 0.387 bits per heavy atom. The zero-order valence-corrected chi connectivity index (χ0v) is 19.4. The summed E-state index contributed by atoms with van der Waals surface area (Å²) in [6.45, 7) is 4.37. The topological polar surface area (TPSA) is 212 Å². The SMILES string of the molecule is CC(C)(CO)CO.CC(C)(CO)CO.OCC(CO)(CO)COCC(CO)(CO)CO. The van der Waals surface area contributed by atoms with E-state index in [2.05, 4.69) is 0 Å². The number of rotatable bonds is 14. The van der Waals surface area contributed by atoms with Crippen LogP contribution in [0.2, 0.25) is 0 Å². The van der Waals surface area contributed by atoms with Gasteiger partial charge in [-0.05, 0) is 0 Å². The summed E-state index contributed by atoms with van der Waals surface area (Å²) in [5.74, 6) is 0. The maximum Gasteiger partial charge on any atom is 0.0629 e. The molecule has 0 aromatic rings. The van der Waals surface area contributed by atoms with Crippen molar-refractivity contribution >= 4 is 0 Å². The third-order valence-electron chi connectivity index (χ3n) is 4.54. The molecule has 0 aliphatic rings. The summed E-state index contributed by atoms with van der Waals surface area (Å²) >= 11 is 0. The maximum atomic E-state index is 9.03. The van der Waals surface area contributed by atoms with Gasteiger partial charge >= 0.3 is 0 Å². The van der Waals surface area contributed by atoms with Crippen molar-refractivity contribution in [3.05, 3.63) is 0 Å². The van der Waals surface area contributed by atoms with Crippen molar-refractivity contribution in [2.75, 3.05) is 79.3 Å². The number of aliphatic hydroxyl groups excluding tert-OH is 10. The Morgan fingerprint density at radius 3 is 0.677 bits per heavy atom. The first-order valence-electron chi connectivity index (χ1n) is 9.98. The van der Waals surface area contributed by atoms with Crippen LogP contribution in [-0.2, 0) is 4.74 Å². The van der Waals surface area contributed by atoms with Gasteiger partial charge in [-0.15, -0.1) is 0 Å². The quantitative estimate of drug-likeness (QED) is 0.125. The second kappa shape index (κ2) is 18.0. The molecule has 0 fully saturated rings. The van der Waals surface area contributed by atoms with E-state index >= 15 is 0 Å². The van der Waals surface area contributed by atoms with Gasteiger partial charge in [-0.1, -0.05) is 27.7 Å². The van der Waals surface area contributed by atoms with Crippen molar-refractivity contribution in [1.29, 1.82) is 0 Å². The van der Waals surface area contributed by atoms with Gasteiger partial charge in [0, 0.05) is 10.8 Å². The highest BCUT2D eigenvalue weighted by atomic mass is 16.5. The van der Waals surface area contributed by atoms with Crippen LogP contribution in [-0.4, -0.2) is 130 Å². The molecule has 11 nitrogen and oxygen atoms in total. The third-order valence-corrected chi connectivity index (χ3v) is 4.54. The Bertz CT molecular complexity index is 330. The van der Waals surface area contributed by atoms with Crippen LogP contribution in [0, 0.1) is 21.7 Å². The Labute approximate surface area is 185 Å². The summed E-state index contributed by atoms with van der Waals surface area (Å²) in [6, 6.07) is 0. The van der Waals surface area contributed by atoms with Crippen LogP contribution in [0.25, 0.3) is 0 Å². The smallest absolute Gasteiger partial charge is 0.0629 e. The van der Waals surface area contributed by atoms with Crippen LogP contribution in [0.3, 0.4) is 0 Å². The van der Waals surface area contributed by atoms with Gasteiger partial charge in [0.2, 0.25) is 0 Å². The number of aliphatic hydroxyl groups is 10. The molecule has 0 atom stereocenters. The van der Waals surface area contributed by atoms with Crippen LogP contribution < -0.4 is 0 Å². The molecule has 0 aliphatic heterocycles. The van der Waals surface area contributed by atoms with E-state index in [1.165, 1.54) is 0 Å². The fraction of sp³-hybridized carbons (Fsp3) is 1.00. The average Bonchev–Trinajstić information content (AvgIpc) is 2.81. The van der Waals surface area contributed by atoms with Crippen molar-refractivity contribution < 1.29 is 55.8 Å². The summed E-state index contributed by atoms with van der Waals surface area (Å²) in [7, 11) is 0. The molecule has 0 radical (unpaired) electrons. The van der Waals surface area contributed by atoms with Crippen molar-refractivity contribution in [1.82, 2.24) is 0 Å². The molecule has 31 heavy (non-hydrogen) atoms. The molecular formula is C20H46O11. The minimum Gasteiger partial charge on any atom is -0.396 e. The second-order valence-electron chi connectivity index (χ2n) is 9.40. The minimum absolute atomic E-state index is 0.0451. The lowest BCUT2D eigenvalue weighted by molar-refractivity contribution is -0.103. The predicted octanol–water partition coefficient (Wildman–Crippen LogP) is -3.08. The standard InChI is InChI=1S/C10H22O7.2C5H12O2/c11-1-9(2-12,3-13)7-17-8-10(4-14,5-15)6-16;2*1-5(2,3-6)4-7/h11-16H,1-8H2;2*6-7H,3-4H2,1-2H3. The molecule has 192 valence electrons. The maximum absolute atomic E-state index is 9.03. The molecule has 0 saturated heterocycles. The van der Waals surface area contributed by atoms with Crippen LogP contribution in [0.4, 0.5) is 0 Å². The molecule has 0 rings (SSSR count). The predicted molar refractivity (Wildman–Crippen MR) is 114 cm³/mol. The van der Waals surface area contributed by atoms with Gasteiger partial charge in [-0.25, -0.2) is 0 Å². The first-order chi connectivity index (χ1) is 14.3. The van der Waals surface area contributed by atoms with Crippen molar-refractivity contribution in [3.63, 3.8) is 0 Å². The van der Waals surface area contributed by atoms with E-state index in [9.17, 15) is 0 Å². The summed E-state index contributed by atoms with van der Waals surface area (Å²) in [5, 5.41) is 87.9. The molecule has 11 heteroatoms. The lowest BCUT2D eigenvalue weighted by Crippen LogP contribution is -2.43. The van der Waals surface area contributed by atoms with Crippen molar-refractivity contribution in [2.24, 2.45) is 21.7 Å². The molecule has 0 heterocycles. The van der Waals surface area contributed by atoms with Gasteiger partial charge in [0.15, 0.2) is 0 Å². The van der Waals surface area contributed by atoms with E-state index in [1.54, 1.807) is 27.7 Å². The molecule has 0 aromatic carbocycles. The summed E-state index contributed by atoms with van der Waals surface area (Å²) in [4.78, 5) is 0. The summed E-state index contributed by atoms with van der Waals surface area (Å²) < 4.78 is 5.15. The van der Waals surface area contributed by atoms with Gasteiger partial charge in [0.1, 0.15) is 0 Å². The minimum atomic E-state index is -1.16. The lowest BCUT2D eigenvalue weighted by Gasteiger charge is -2.31. The fourth-order valence-corrected chi connectivity index (χ4v) is 1.16. The lowest BCUT2D eigenvalue weighted by atomic mass is 9.91. The molecule has 0 saturated carbocycles. The summed E-state index contributed by atoms with van der Waals surface area (Å²) in [5.41, 5.74) is -2.93. The highest BCUT2D eigenvalue weighted by Gasteiger charge is 2.32. The van der Waals surface area contributed by atoms with E-state index in [0.29, 0.717) is 0 Å². The Balaban J connectivity index is -0.000000460. The van der Waals surface area contributed by atoms with E-state index in [1.807, 2.05) is 0 Å². The van der Waals surface area contributed by atoms with Crippen molar-refractivity contribution in [3.8, 4) is 0 Å². The second-order valence-corrected chi connectivity index (χ2v) is 9.40. The van der Waals surface area contributed by atoms with E-state index in [-0.39, 0.29) is 50.5 Å². The van der Waals surface area contributed by atoms with Gasteiger partial charge < -0.3 is 55.8 Å². The van der Waals surface area contributed by atoms with Gasteiger partial charge in [0.25, 0.3) is 0 Å². The molecule has 0 spiro atoms. The zero-order chi connectivity index (χ0) is 25.2. The number of hydrogen-bond donors (Lipinski definition) is 10. The highest BCUT2D eigenvalue weighted by Crippen LogP contribution is 2.19. The molecule has 0 bridgehead atoms. The van der Waals surface area contributed by atoms with E-state index < -0.39 is 50.5 Å². The van der Waals surface area contributed by atoms with E-state index in [4.69, 9.17) is 55.8 Å². The highest BCUT2D eigenvalue weighted by molar-refractivity contribution is 4.80. The Kier molecular flexibility index (Phi) is 20.5. The van der Waals surface area contributed by atoms with Crippen LogP contribution in [0.15, 0.2) is 0 Å². The zero-order valence-electron chi connectivity index (χ0n) is 19.4. The summed E-state index contributed by atoms with van der Waals surface area (Å²) in [6.07, 6.45) is 0. The monoisotopic (exact) mass is 462 g/mol. The van der Waals surface area contributed by atoms with Gasteiger partial charge in [0.05, 0.1) is 90.1 Å². The van der Waals surface area contributed by atoms with Gasteiger partial charge in [-0.3, -0.25) is 0 Å². The number of ether oxygens (including phenoxy) is 1. The average molecular weight is 463 g/mol. The largest absolute Gasteiger partial charge is 0.396 e. The number of hydrogen-bond acceptors (Lipinski definition) is 11. The van der Waals surface area contributed by atoms with Crippen LogP contribution in [0.1, 0.15) is 27.7 Å². The molecule has 0 amide bonds. The van der Waals surface area contributed by atoms with Gasteiger partial charge in [-0.2, -0.15) is 0 Å².